The van der Waals surface area contributed by atoms with E-state index in [1.165, 1.54) is 0 Å². The van der Waals surface area contributed by atoms with Crippen LogP contribution >= 0.6 is 11.6 Å². The molecule has 0 saturated carbocycles. The van der Waals surface area contributed by atoms with Gasteiger partial charge in [-0.05, 0) is 91.8 Å². The first-order valence-electron chi connectivity index (χ1n) is 12.9. The molecule has 0 aliphatic carbocycles. The molecule has 0 saturated heterocycles. The van der Waals surface area contributed by atoms with Gasteiger partial charge in [-0.2, -0.15) is 0 Å². The molecule has 4 aromatic rings. The standard InChI is InChI=1S/C31H31ClN4O2/c1-22-19-26(34(2)30(37)24-7-4-3-5-8-24)11-12-27(22)31(38)36-16-6-9-23(14-17-35-18-15-33-21-35)28-20-25(32)10-13-29(28)36/h3-5,7-8,10-13,15,18-21,23H,6,9,14,16-17H2,1-2H3. The Morgan fingerprint density at radius 2 is 1.89 bits per heavy atom. The Hall–Kier alpha value is -3.90. The molecular weight excluding hydrogens is 496 g/mol. The van der Waals surface area contributed by atoms with Gasteiger partial charge in [0.25, 0.3) is 11.8 Å². The molecule has 0 radical (unpaired) electrons. The Labute approximate surface area is 228 Å². The number of imidazole rings is 1. The highest BCUT2D eigenvalue weighted by Gasteiger charge is 2.28. The molecule has 3 aromatic carbocycles. The molecule has 1 atom stereocenters. The third kappa shape index (κ3) is 5.36. The van der Waals surface area contributed by atoms with Crippen LogP contribution in [-0.4, -0.2) is 35.0 Å². The van der Waals surface area contributed by atoms with E-state index in [4.69, 9.17) is 11.6 Å². The largest absolute Gasteiger partial charge is 0.337 e. The van der Waals surface area contributed by atoms with Crippen molar-refractivity contribution in [2.24, 2.45) is 0 Å². The molecule has 5 rings (SSSR count). The number of benzene rings is 3. The van der Waals surface area contributed by atoms with Crippen LogP contribution in [0.4, 0.5) is 11.4 Å². The minimum absolute atomic E-state index is 0.0371. The lowest BCUT2D eigenvalue weighted by atomic mass is 9.91. The molecule has 1 aliphatic heterocycles. The molecule has 194 valence electrons. The number of amides is 2. The number of carbonyl (C=O) groups is 2. The van der Waals surface area contributed by atoms with Crippen molar-refractivity contribution in [3.05, 3.63) is 113 Å². The Morgan fingerprint density at radius 3 is 2.63 bits per heavy atom. The molecule has 2 heterocycles. The molecule has 0 bridgehead atoms. The van der Waals surface area contributed by atoms with Crippen molar-refractivity contribution in [1.29, 1.82) is 0 Å². The smallest absolute Gasteiger partial charge is 0.258 e. The third-order valence-corrected chi connectivity index (χ3v) is 7.58. The van der Waals surface area contributed by atoms with Gasteiger partial charge in [-0.3, -0.25) is 9.59 Å². The van der Waals surface area contributed by atoms with Gasteiger partial charge >= 0.3 is 0 Å². The average molecular weight is 527 g/mol. The van der Waals surface area contributed by atoms with Gasteiger partial charge < -0.3 is 14.4 Å². The molecule has 1 aromatic heterocycles. The predicted molar refractivity (Wildman–Crippen MR) is 152 cm³/mol. The van der Waals surface area contributed by atoms with E-state index >= 15 is 0 Å². The van der Waals surface area contributed by atoms with E-state index in [0.29, 0.717) is 28.6 Å². The van der Waals surface area contributed by atoms with Crippen LogP contribution in [0.1, 0.15) is 57.0 Å². The first kappa shape index (κ1) is 25.7. The third-order valence-electron chi connectivity index (χ3n) is 7.35. The van der Waals surface area contributed by atoms with E-state index < -0.39 is 0 Å². The van der Waals surface area contributed by atoms with Crippen LogP contribution in [0.15, 0.2) is 85.5 Å². The fraction of sp³-hybridized carbons (Fsp3) is 0.258. The minimum Gasteiger partial charge on any atom is -0.337 e. The Bertz CT molecular complexity index is 1440. The van der Waals surface area contributed by atoms with Crippen LogP contribution in [0, 0.1) is 6.92 Å². The summed E-state index contributed by atoms with van der Waals surface area (Å²) in [6.45, 7) is 3.43. The van der Waals surface area contributed by atoms with Gasteiger partial charge in [-0.1, -0.05) is 29.8 Å². The van der Waals surface area contributed by atoms with Gasteiger partial charge in [0.2, 0.25) is 0 Å². The first-order chi connectivity index (χ1) is 18.4. The number of hydrogen-bond donors (Lipinski definition) is 0. The fourth-order valence-corrected chi connectivity index (χ4v) is 5.42. The van der Waals surface area contributed by atoms with E-state index in [1.807, 2.05) is 78.9 Å². The predicted octanol–water partition coefficient (Wildman–Crippen LogP) is 6.74. The van der Waals surface area contributed by atoms with Gasteiger partial charge in [0.15, 0.2) is 0 Å². The number of nitrogens with zero attached hydrogens (tertiary/aromatic N) is 4. The van der Waals surface area contributed by atoms with E-state index in [-0.39, 0.29) is 11.8 Å². The number of carbonyl (C=O) groups excluding carboxylic acids is 2. The van der Waals surface area contributed by atoms with Gasteiger partial charge in [-0.15, -0.1) is 0 Å². The van der Waals surface area contributed by atoms with Crippen molar-refractivity contribution in [2.75, 3.05) is 23.4 Å². The Kier molecular flexibility index (Phi) is 7.61. The highest BCUT2D eigenvalue weighted by molar-refractivity contribution is 6.30. The lowest BCUT2D eigenvalue weighted by molar-refractivity contribution is 0.0982. The van der Waals surface area contributed by atoms with Crippen LogP contribution in [0.5, 0.6) is 0 Å². The van der Waals surface area contributed by atoms with Crippen LogP contribution < -0.4 is 9.80 Å². The normalized spacial score (nSPS) is 15.0. The van der Waals surface area contributed by atoms with Gasteiger partial charge in [-0.25, -0.2) is 4.98 Å². The second-order valence-electron chi connectivity index (χ2n) is 9.82. The molecule has 0 fully saturated rings. The van der Waals surface area contributed by atoms with E-state index in [2.05, 4.69) is 9.55 Å². The van der Waals surface area contributed by atoms with Gasteiger partial charge in [0.05, 0.1) is 6.33 Å². The topological polar surface area (TPSA) is 58.4 Å². The van der Waals surface area contributed by atoms with Crippen molar-refractivity contribution < 1.29 is 9.59 Å². The summed E-state index contributed by atoms with van der Waals surface area (Å²) in [5, 5.41) is 0.678. The van der Waals surface area contributed by atoms with Crippen molar-refractivity contribution >= 4 is 34.8 Å². The number of anilines is 2. The second-order valence-corrected chi connectivity index (χ2v) is 10.3. The number of fused-ring (bicyclic) bond motifs is 1. The van der Waals surface area contributed by atoms with Crippen LogP contribution in [0.3, 0.4) is 0 Å². The number of aromatic nitrogens is 2. The summed E-state index contributed by atoms with van der Waals surface area (Å²) in [7, 11) is 1.75. The van der Waals surface area contributed by atoms with Gasteiger partial charge in [0.1, 0.15) is 0 Å². The quantitative estimate of drug-likeness (QED) is 0.279. The summed E-state index contributed by atoms with van der Waals surface area (Å²) in [4.78, 5) is 34.5. The number of hydrogen-bond acceptors (Lipinski definition) is 3. The zero-order chi connectivity index (χ0) is 26.6. The van der Waals surface area contributed by atoms with E-state index in [1.54, 1.807) is 30.3 Å². The van der Waals surface area contributed by atoms with Crippen LogP contribution in [0.2, 0.25) is 5.02 Å². The highest BCUT2D eigenvalue weighted by atomic mass is 35.5. The monoisotopic (exact) mass is 526 g/mol. The van der Waals surface area contributed by atoms with Crippen LogP contribution in [-0.2, 0) is 6.54 Å². The molecule has 0 N–H and O–H groups in total. The summed E-state index contributed by atoms with van der Waals surface area (Å²) in [6.07, 6.45) is 8.43. The summed E-state index contributed by atoms with van der Waals surface area (Å²) >= 11 is 6.43. The molecule has 38 heavy (non-hydrogen) atoms. The van der Waals surface area contributed by atoms with E-state index in [0.717, 1.165) is 48.3 Å². The van der Waals surface area contributed by atoms with E-state index in [9.17, 15) is 9.59 Å². The lowest BCUT2D eigenvalue weighted by Crippen LogP contribution is -2.32. The van der Waals surface area contributed by atoms with Crippen molar-refractivity contribution in [2.45, 2.75) is 38.6 Å². The summed E-state index contributed by atoms with van der Waals surface area (Å²) < 4.78 is 2.09. The van der Waals surface area contributed by atoms with Crippen molar-refractivity contribution in [1.82, 2.24) is 9.55 Å². The maximum atomic E-state index is 13.9. The Morgan fingerprint density at radius 1 is 1.08 bits per heavy atom. The first-order valence-corrected chi connectivity index (χ1v) is 13.3. The summed E-state index contributed by atoms with van der Waals surface area (Å²) in [5.41, 5.74) is 4.87. The zero-order valence-electron chi connectivity index (χ0n) is 21.7. The van der Waals surface area contributed by atoms with Crippen molar-refractivity contribution in [3.63, 3.8) is 0 Å². The zero-order valence-corrected chi connectivity index (χ0v) is 22.4. The number of rotatable bonds is 6. The fourth-order valence-electron chi connectivity index (χ4n) is 5.24. The second kappa shape index (κ2) is 11.2. The summed E-state index contributed by atoms with van der Waals surface area (Å²) in [6, 6.07) is 20.6. The number of halogens is 1. The minimum atomic E-state index is -0.0934. The summed E-state index contributed by atoms with van der Waals surface area (Å²) in [5.74, 6) is 0.166. The molecule has 7 heteroatoms. The molecular formula is C31H31ClN4O2. The molecule has 1 unspecified atom stereocenters. The maximum Gasteiger partial charge on any atom is 0.258 e. The average Bonchev–Trinajstić information content (AvgIpc) is 3.39. The highest BCUT2D eigenvalue weighted by Crippen LogP contribution is 2.39. The Balaban J connectivity index is 1.40. The van der Waals surface area contributed by atoms with Crippen LogP contribution in [0.25, 0.3) is 0 Å². The van der Waals surface area contributed by atoms with Gasteiger partial charge in [0, 0.05) is 60.1 Å². The molecule has 6 nitrogen and oxygen atoms in total. The maximum absolute atomic E-state index is 13.9. The SMILES string of the molecule is Cc1cc(N(C)C(=O)c2ccccc2)ccc1C(=O)N1CCCC(CCn2ccnc2)c2cc(Cl)ccc21. The molecule has 0 spiro atoms. The lowest BCUT2D eigenvalue weighted by Gasteiger charge is -2.26. The number of aryl methyl sites for hydroxylation is 2. The molecule has 1 aliphatic rings. The van der Waals surface area contributed by atoms with Crippen molar-refractivity contribution in [3.8, 4) is 0 Å². The molecule has 2 amide bonds.